The molecule has 0 aliphatic carbocycles. The largest absolute Gasteiger partial charge is 0.465 e. The number of anilines is 1. The van der Waals surface area contributed by atoms with Crippen molar-refractivity contribution in [3.63, 3.8) is 0 Å². The lowest BCUT2D eigenvalue weighted by molar-refractivity contribution is -0.115. The molecule has 0 saturated heterocycles. The topological polar surface area (TPSA) is 64.6 Å². The monoisotopic (exact) mass is 443 g/mol. The molecule has 1 heterocycles. The second kappa shape index (κ2) is 9.78. The molecular formula is C23H22ClNO4S. The van der Waals surface area contributed by atoms with Crippen LogP contribution in [0.5, 0.6) is 11.5 Å². The van der Waals surface area contributed by atoms with E-state index in [1.54, 1.807) is 0 Å². The lowest BCUT2D eigenvalue weighted by atomic mass is 10.0. The van der Waals surface area contributed by atoms with E-state index < -0.39 is 5.97 Å². The second-order valence-corrected chi connectivity index (χ2v) is 8.55. The lowest BCUT2D eigenvalue weighted by Gasteiger charge is -2.10. The quantitative estimate of drug-likeness (QED) is 0.436. The van der Waals surface area contributed by atoms with Crippen LogP contribution >= 0.6 is 22.9 Å². The molecule has 0 saturated carbocycles. The molecule has 3 rings (SSSR count). The number of ether oxygens (including phenoxy) is 2. The van der Waals surface area contributed by atoms with E-state index in [4.69, 9.17) is 21.1 Å². The molecule has 0 aliphatic heterocycles. The Morgan fingerprint density at radius 2 is 1.77 bits per heavy atom. The minimum absolute atomic E-state index is 0.0142. The van der Waals surface area contributed by atoms with Gasteiger partial charge in [-0.1, -0.05) is 55.8 Å². The average Bonchev–Trinajstić information content (AvgIpc) is 3.04. The number of methoxy groups -OCH3 is 1. The van der Waals surface area contributed by atoms with Crippen molar-refractivity contribution >= 4 is 39.8 Å². The van der Waals surface area contributed by atoms with E-state index in [0.29, 0.717) is 26.2 Å². The van der Waals surface area contributed by atoms with E-state index in [-0.39, 0.29) is 18.2 Å². The van der Waals surface area contributed by atoms with Crippen LogP contribution in [0.15, 0.2) is 54.6 Å². The molecule has 2 aromatic carbocycles. The highest BCUT2D eigenvalue weighted by atomic mass is 35.5. The molecule has 3 aromatic rings. The summed E-state index contributed by atoms with van der Waals surface area (Å²) in [6, 6.07) is 16.7. The number of hydrogen-bond acceptors (Lipinski definition) is 5. The minimum Gasteiger partial charge on any atom is -0.465 e. The van der Waals surface area contributed by atoms with Crippen molar-refractivity contribution in [1.82, 2.24) is 0 Å². The smallest absolute Gasteiger partial charge is 0.341 e. The Labute approximate surface area is 184 Å². The highest BCUT2D eigenvalue weighted by Crippen LogP contribution is 2.41. The first-order chi connectivity index (χ1) is 14.4. The summed E-state index contributed by atoms with van der Waals surface area (Å²) in [6.45, 7) is 3.87. The maximum atomic E-state index is 12.7. The number of hydrogen-bond donors (Lipinski definition) is 1. The van der Waals surface area contributed by atoms with Crippen LogP contribution in [-0.2, 0) is 16.0 Å². The van der Waals surface area contributed by atoms with Gasteiger partial charge in [0.25, 0.3) is 0 Å². The molecule has 5 nitrogen and oxygen atoms in total. The third kappa shape index (κ3) is 5.20. The van der Waals surface area contributed by atoms with Crippen molar-refractivity contribution in [2.24, 2.45) is 0 Å². The zero-order valence-corrected chi connectivity index (χ0v) is 18.5. The van der Waals surface area contributed by atoms with Gasteiger partial charge in [-0.2, -0.15) is 0 Å². The van der Waals surface area contributed by atoms with Crippen LogP contribution in [0, 0.1) is 0 Å². The molecule has 0 spiro atoms. The molecular weight excluding hydrogens is 422 g/mol. The molecule has 0 radical (unpaired) electrons. The van der Waals surface area contributed by atoms with Gasteiger partial charge in [0, 0.05) is 5.56 Å². The SMILES string of the molecule is COC(=O)c1c(NC(=O)Cc2cccc(Oc3ccccc3)c2)sc(Cl)c1C(C)C. The standard InChI is InChI=1S/C23H22ClNO4S/c1-14(2)19-20(23(27)28-3)22(30-21(19)24)25-18(26)13-15-8-7-11-17(12-15)29-16-9-5-4-6-10-16/h4-12,14H,13H2,1-3H3,(H,25,26). The third-order valence-electron chi connectivity index (χ3n) is 4.36. The van der Waals surface area contributed by atoms with Crippen molar-refractivity contribution in [2.45, 2.75) is 26.2 Å². The summed E-state index contributed by atoms with van der Waals surface area (Å²) >= 11 is 7.50. The van der Waals surface area contributed by atoms with Crippen LogP contribution in [0.4, 0.5) is 5.00 Å². The molecule has 0 unspecified atom stereocenters. The molecule has 0 atom stereocenters. The van der Waals surface area contributed by atoms with Crippen LogP contribution in [0.25, 0.3) is 0 Å². The number of esters is 1. The van der Waals surface area contributed by atoms with Gasteiger partial charge >= 0.3 is 5.97 Å². The number of benzene rings is 2. The van der Waals surface area contributed by atoms with Crippen LogP contribution in [0.3, 0.4) is 0 Å². The fourth-order valence-electron chi connectivity index (χ4n) is 3.02. The molecule has 0 fully saturated rings. The Kier molecular flexibility index (Phi) is 7.13. The Bertz CT molecular complexity index is 1050. The van der Waals surface area contributed by atoms with Gasteiger partial charge in [-0.3, -0.25) is 4.79 Å². The number of amides is 1. The van der Waals surface area contributed by atoms with Gasteiger partial charge in [0.1, 0.15) is 16.5 Å². The van der Waals surface area contributed by atoms with E-state index in [2.05, 4.69) is 5.32 Å². The number of halogens is 1. The zero-order chi connectivity index (χ0) is 21.7. The van der Waals surface area contributed by atoms with Crippen LogP contribution in [-0.4, -0.2) is 19.0 Å². The Hall–Kier alpha value is -2.83. The molecule has 7 heteroatoms. The fraction of sp³-hybridized carbons (Fsp3) is 0.217. The van der Waals surface area contributed by atoms with Crippen molar-refractivity contribution < 1.29 is 19.1 Å². The highest BCUT2D eigenvalue weighted by Gasteiger charge is 2.26. The number of nitrogens with one attached hydrogen (secondary N) is 1. The third-order valence-corrected chi connectivity index (χ3v) is 5.71. The number of rotatable bonds is 7. The molecule has 30 heavy (non-hydrogen) atoms. The Balaban J connectivity index is 1.76. The Morgan fingerprint density at radius 1 is 1.07 bits per heavy atom. The number of carbonyl (C=O) groups excluding carboxylic acids is 2. The maximum absolute atomic E-state index is 12.7. The Morgan fingerprint density at radius 3 is 2.43 bits per heavy atom. The first kappa shape index (κ1) is 21.9. The first-order valence-electron chi connectivity index (χ1n) is 9.41. The normalized spacial score (nSPS) is 10.7. The number of carbonyl (C=O) groups is 2. The summed E-state index contributed by atoms with van der Waals surface area (Å²) in [6.07, 6.45) is 0.124. The molecule has 0 aliphatic rings. The van der Waals surface area contributed by atoms with Crippen molar-refractivity contribution in [3.05, 3.63) is 75.6 Å². The highest BCUT2D eigenvalue weighted by molar-refractivity contribution is 7.20. The molecule has 156 valence electrons. The second-order valence-electron chi connectivity index (χ2n) is 6.93. The van der Waals surface area contributed by atoms with Gasteiger partial charge in [-0.15, -0.1) is 11.3 Å². The summed E-state index contributed by atoms with van der Waals surface area (Å²) in [4.78, 5) is 25.0. The van der Waals surface area contributed by atoms with Gasteiger partial charge in [-0.05, 0) is 35.7 Å². The molecule has 1 amide bonds. The summed E-state index contributed by atoms with van der Waals surface area (Å²) in [5.74, 6) is 0.597. The van der Waals surface area contributed by atoms with E-state index in [1.807, 2.05) is 68.4 Å². The first-order valence-corrected chi connectivity index (χ1v) is 10.6. The van der Waals surface area contributed by atoms with E-state index in [1.165, 1.54) is 7.11 Å². The minimum atomic E-state index is -0.518. The van der Waals surface area contributed by atoms with Crippen LogP contribution in [0.1, 0.15) is 41.3 Å². The van der Waals surface area contributed by atoms with E-state index in [9.17, 15) is 9.59 Å². The van der Waals surface area contributed by atoms with Gasteiger partial charge in [0.05, 0.1) is 23.4 Å². The van der Waals surface area contributed by atoms with Crippen LogP contribution in [0.2, 0.25) is 4.34 Å². The zero-order valence-electron chi connectivity index (χ0n) is 16.9. The van der Waals surface area contributed by atoms with Gasteiger partial charge in [-0.25, -0.2) is 4.79 Å². The molecule has 0 bridgehead atoms. The molecule has 1 aromatic heterocycles. The van der Waals surface area contributed by atoms with Gasteiger partial charge in [0.2, 0.25) is 5.91 Å². The van der Waals surface area contributed by atoms with Crippen molar-refractivity contribution in [3.8, 4) is 11.5 Å². The van der Waals surface area contributed by atoms with Crippen LogP contribution < -0.4 is 10.1 Å². The summed E-state index contributed by atoms with van der Waals surface area (Å²) in [5, 5.41) is 3.21. The van der Waals surface area contributed by atoms with E-state index >= 15 is 0 Å². The summed E-state index contributed by atoms with van der Waals surface area (Å²) < 4.78 is 11.2. The lowest BCUT2D eigenvalue weighted by Crippen LogP contribution is -2.16. The summed E-state index contributed by atoms with van der Waals surface area (Å²) in [7, 11) is 1.31. The average molecular weight is 444 g/mol. The van der Waals surface area contributed by atoms with Crippen molar-refractivity contribution in [1.29, 1.82) is 0 Å². The predicted octanol–water partition coefficient (Wildman–Crippen LogP) is 6.29. The molecule has 1 N–H and O–H groups in total. The predicted molar refractivity (Wildman–Crippen MR) is 120 cm³/mol. The van der Waals surface area contributed by atoms with Crippen molar-refractivity contribution in [2.75, 3.05) is 12.4 Å². The summed E-state index contributed by atoms with van der Waals surface area (Å²) in [5.41, 5.74) is 1.78. The number of para-hydroxylation sites is 1. The van der Waals surface area contributed by atoms with Gasteiger partial charge in [0.15, 0.2) is 0 Å². The van der Waals surface area contributed by atoms with Gasteiger partial charge < -0.3 is 14.8 Å². The van der Waals surface area contributed by atoms with E-state index in [0.717, 1.165) is 22.6 Å². The maximum Gasteiger partial charge on any atom is 0.341 e. The number of thiophene rings is 1. The fourth-order valence-corrected chi connectivity index (χ4v) is 4.66.